The zero-order valence-corrected chi connectivity index (χ0v) is 13.2. The monoisotopic (exact) mass is 302 g/mol. The Labute approximate surface area is 130 Å². The van der Waals surface area contributed by atoms with Crippen molar-refractivity contribution in [1.29, 1.82) is 0 Å². The molecule has 0 bridgehead atoms. The fourth-order valence-corrected chi connectivity index (χ4v) is 1.95. The highest BCUT2D eigenvalue weighted by atomic mass is 16.5. The van der Waals surface area contributed by atoms with Crippen molar-refractivity contribution in [3.8, 4) is 5.75 Å². The van der Waals surface area contributed by atoms with Gasteiger partial charge in [0.25, 0.3) is 0 Å². The lowest BCUT2D eigenvalue weighted by Gasteiger charge is -2.22. The molecule has 0 aliphatic carbocycles. The third kappa shape index (κ3) is 4.47. The number of aryl methyl sites for hydroxylation is 1. The van der Waals surface area contributed by atoms with Gasteiger partial charge in [-0.05, 0) is 12.1 Å². The second kappa shape index (κ2) is 8.02. The lowest BCUT2D eigenvalue weighted by molar-refractivity contribution is 0.281. The van der Waals surface area contributed by atoms with E-state index in [0.29, 0.717) is 13.2 Å². The van der Waals surface area contributed by atoms with Gasteiger partial charge in [-0.3, -0.25) is 9.67 Å². The zero-order chi connectivity index (χ0) is 15.8. The first-order valence-corrected chi connectivity index (χ1v) is 7.13. The van der Waals surface area contributed by atoms with Gasteiger partial charge in [-0.25, -0.2) is 4.98 Å². The Balaban J connectivity index is 1.77. The summed E-state index contributed by atoms with van der Waals surface area (Å²) in [5.41, 5.74) is 0. The molecule has 0 aliphatic rings. The van der Waals surface area contributed by atoms with E-state index in [1.54, 1.807) is 11.7 Å². The first kappa shape index (κ1) is 15.8. The van der Waals surface area contributed by atoms with E-state index in [0.717, 1.165) is 24.1 Å². The highest BCUT2D eigenvalue weighted by molar-refractivity contribution is 5.79. The third-order valence-corrected chi connectivity index (χ3v) is 3.22. The van der Waals surface area contributed by atoms with Crippen molar-refractivity contribution in [2.75, 3.05) is 27.2 Å². The average Bonchev–Trinajstić information content (AvgIpc) is 2.94. The van der Waals surface area contributed by atoms with Gasteiger partial charge in [0.1, 0.15) is 24.5 Å². The number of aromatic nitrogens is 3. The smallest absolute Gasteiger partial charge is 0.193 e. The molecule has 0 spiro atoms. The van der Waals surface area contributed by atoms with Gasteiger partial charge in [0, 0.05) is 21.1 Å². The molecule has 0 unspecified atom stereocenters. The van der Waals surface area contributed by atoms with E-state index in [1.807, 2.05) is 49.3 Å². The van der Waals surface area contributed by atoms with Crippen molar-refractivity contribution in [3.05, 3.63) is 42.5 Å². The van der Waals surface area contributed by atoms with Gasteiger partial charge in [0.15, 0.2) is 5.96 Å². The molecular formula is C15H22N6O. The first-order chi connectivity index (χ1) is 10.7. The molecule has 1 N–H and O–H groups in total. The molecule has 0 radical (unpaired) electrons. The fourth-order valence-electron chi connectivity index (χ4n) is 1.95. The molecule has 1 aromatic heterocycles. The van der Waals surface area contributed by atoms with Crippen molar-refractivity contribution in [3.63, 3.8) is 0 Å². The number of nitrogens with zero attached hydrogens (tertiary/aromatic N) is 5. The van der Waals surface area contributed by atoms with Crippen LogP contribution in [0.4, 0.5) is 0 Å². The van der Waals surface area contributed by atoms with Crippen molar-refractivity contribution >= 4 is 5.96 Å². The van der Waals surface area contributed by atoms with E-state index in [4.69, 9.17) is 4.74 Å². The maximum atomic E-state index is 5.69. The Bertz CT molecular complexity index is 595. The molecule has 7 heteroatoms. The number of guanidine groups is 1. The summed E-state index contributed by atoms with van der Waals surface area (Å²) >= 11 is 0. The van der Waals surface area contributed by atoms with E-state index in [1.165, 1.54) is 6.33 Å². The summed E-state index contributed by atoms with van der Waals surface area (Å²) < 4.78 is 7.42. The predicted molar refractivity (Wildman–Crippen MR) is 85.8 cm³/mol. The Morgan fingerprint density at radius 3 is 2.77 bits per heavy atom. The Morgan fingerprint density at radius 1 is 1.36 bits per heavy atom. The number of benzene rings is 1. The van der Waals surface area contributed by atoms with E-state index >= 15 is 0 Å². The number of aliphatic imine (C=N–C) groups is 1. The number of rotatable bonds is 6. The zero-order valence-electron chi connectivity index (χ0n) is 13.2. The van der Waals surface area contributed by atoms with Crippen LogP contribution >= 0.6 is 0 Å². The molecule has 0 saturated carbocycles. The van der Waals surface area contributed by atoms with Crippen molar-refractivity contribution in [2.24, 2.45) is 12.0 Å². The minimum Gasteiger partial charge on any atom is -0.492 e. The minimum absolute atomic E-state index is 0.576. The lowest BCUT2D eigenvalue weighted by atomic mass is 10.3. The summed E-state index contributed by atoms with van der Waals surface area (Å²) in [6, 6.07) is 9.78. The molecule has 118 valence electrons. The third-order valence-electron chi connectivity index (χ3n) is 3.22. The highest BCUT2D eigenvalue weighted by Crippen LogP contribution is 2.07. The van der Waals surface area contributed by atoms with Crippen LogP contribution in [0.1, 0.15) is 5.82 Å². The summed E-state index contributed by atoms with van der Waals surface area (Å²) in [6.07, 6.45) is 1.54. The van der Waals surface area contributed by atoms with Gasteiger partial charge in [-0.15, -0.1) is 0 Å². The molecule has 2 aromatic rings. The minimum atomic E-state index is 0.576. The quantitative estimate of drug-likeness (QED) is 0.634. The SMILES string of the molecule is CN=C(NCc1ncnn1C)N(C)CCOc1ccccc1. The van der Waals surface area contributed by atoms with Crippen molar-refractivity contribution in [2.45, 2.75) is 6.54 Å². The number of hydrogen-bond donors (Lipinski definition) is 1. The van der Waals surface area contributed by atoms with Gasteiger partial charge >= 0.3 is 0 Å². The predicted octanol–water partition coefficient (Wildman–Crippen LogP) is 0.901. The Kier molecular flexibility index (Phi) is 5.76. The van der Waals surface area contributed by atoms with Gasteiger partial charge < -0.3 is 15.0 Å². The number of nitrogens with one attached hydrogen (secondary N) is 1. The van der Waals surface area contributed by atoms with E-state index in [-0.39, 0.29) is 0 Å². The van der Waals surface area contributed by atoms with Crippen molar-refractivity contribution < 1.29 is 4.74 Å². The number of para-hydroxylation sites is 1. The van der Waals surface area contributed by atoms with Crippen LogP contribution in [0.2, 0.25) is 0 Å². The summed E-state index contributed by atoms with van der Waals surface area (Å²) in [6.45, 7) is 1.89. The number of ether oxygens (including phenoxy) is 1. The van der Waals surface area contributed by atoms with Crippen LogP contribution in [0, 0.1) is 0 Å². The molecule has 1 heterocycles. The molecule has 0 saturated heterocycles. The molecule has 0 aliphatic heterocycles. The molecule has 2 rings (SSSR count). The van der Waals surface area contributed by atoms with E-state index in [2.05, 4.69) is 20.4 Å². The summed E-state index contributed by atoms with van der Waals surface area (Å²) in [5.74, 6) is 2.52. The second-order valence-corrected chi connectivity index (χ2v) is 4.78. The van der Waals surface area contributed by atoms with Gasteiger partial charge in [-0.1, -0.05) is 18.2 Å². The van der Waals surface area contributed by atoms with Crippen LogP contribution in [0.5, 0.6) is 5.75 Å². The molecule has 22 heavy (non-hydrogen) atoms. The van der Waals surface area contributed by atoms with Gasteiger partial charge in [-0.2, -0.15) is 5.10 Å². The lowest BCUT2D eigenvalue weighted by Crippen LogP contribution is -2.40. The van der Waals surface area contributed by atoms with Crippen LogP contribution < -0.4 is 10.1 Å². The Hall–Kier alpha value is -2.57. The van der Waals surface area contributed by atoms with Gasteiger partial charge in [0.05, 0.1) is 13.1 Å². The fraction of sp³-hybridized carbons (Fsp3) is 0.400. The van der Waals surface area contributed by atoms with Crippen molar-refractivity contribution in [1.82, 2.24) is 25.0 Å². The van der Waals surface area contributed by atoms with Gasteiger partial charge in [0.2, 0.25) is 0 Å². The van der Waals surface area contributed by atoms with Crippen LogP contribution in [0.3, 0.4) is 0 Å². The van der Waals surface area contributed by atoms with Crippen LogP contribution in [0.15, 0.2) is 41.7 Å². The van der Waals surface area contributed by atoms with E-state index in [9.17, 15) is 0 Å². The molecule has 0 atom stereocenters. The largest absolute Gasteiger partial charge is 0.492 e. The highest BCUT2D eigenvalue weighted by Gasteiger charge is 2.07. The molecule has 0 fully saturated rings. The summed E-state index contributed by atoms with van der Waals surface area (Å²) in [7, 11) is 5.60. The maximum absolute atomic E-state index is 5.69. The standard InChI is InChI=1S/C15H22N6O/c1-16-15(17-11-14-18-12-19-21(14)3)20(2)9-10-22-13-7-5-4-6-8-13/h4-8,12H,9-11H2,1-3H3,(H,16,17). The average molecular weight is 302 g/mol. The number of hydrogen-bond acceptors (Lipinski definition) is 4. The molecule has 1 aromatic carbocycles. The summed E-state index contributed by atoms with van der Waals surface area (Å²) in [4.78, 5) is 10.4. The molecular weight excluding hydrogens is 280 g/mol. The van der Waals surface area contributed by atoms with E-state index < -0.39 is 0 Å². The summed E-state index contributed by atoms with van der Waals surface area (Å²) in [5, 5.41) is 7.30. The topological polar surface area (TPSA) is 67.6 Å². The normalized spacial score (nSPS) is 11.3. The van der Waals surface area contributed by atoms with Crippen LogP contribution in [-0.2, 0) is 13.6 Å². The maximum Gasteiger partial charge on any atom is 0.193 e. The second-order valence-electron chi connectivity index (χ2n) is 4.78. The Morgan fingerprint density at radius 2 is 2.14 bits per heavy atom. The molecule has 7 nitrogen and oxygen atoms in total. The molecule has 0 amide bonds. The first-order valence-electron chi connectivity index (χ1n) is 7.13. The van der Waals surface area contributed by atoms with Crippen LogP contribution in [0.25, 0.3) is 0 Å². The number of likely N-dealkylation sites (N-methyl/N-ethyl adjacent to an activating group) is 1. The van der Waals surface area contributed by atoms with Crippen LogP contribution in [-0.4, -0.2) is 52.9 Å².